The lowest BCUT2D eigenvalue weighted by atomic mass is 9.44. The number of nitrogens with one attached hydrogen (secondary N) is 1. The molecule has 118 valence electrons. The van der Waals surface area contributed by atoms with Gasteiger partial charge >= 0.3 is 0 Å². The number of pyridine rings is 1. The van der Waals surface area contributed by atoms with Crippen LogP contribution in [0.2, 0.25) is 0 Å². The van der Waals surface area contributed by atoms with E-state index in [1.165, 1.54) is 38.3 Å². The molecule has 5 heteroatoms. The summed E-state index contributed by atoms with van der Waals surface area (Å²) < 4.78 is 0. The van der Waals surface area contributed by atoms with E-state index in [1.807, 2.05) is 0 Å². The molecule has 4 aliphatic carbocycles. The van der Waals surface area contributed by atoms with Crippen LogP contribution in [0.4, 0.5) is 11.5 Å². The lowest BCUT2D eigenvalue weighted by molar-refractivity contribution is -0.385. The zero-order valence-electron chi connectivity index (χ0n) is 13.2. The van der Waals surface area contributed by atoms with Gasteiger partial charge in [0, 0.05) is 11.6 Å². The van der Waals surface area contributed by atoms with Crippen molar-refractivity contribution in [2.24, 2.45) is 23.2 Å². The van der Waals surface area contributed by atoms with Crippen LogP contribution in [0.5, 0.6) is 0 Å². The van der Waals surface area contributed by atoms with E-state index in [1.54, 1.807) is 12.1 Å². The van der Waals surface area contributed by atoms with E-state index >= 15 is 0 Å². The monoisotopic (exact) mass is 301 g/mol. The van der Waals surface area contributed by atoms with Crippen molar-refractivity contribution in [1.29, 1.82) is 0 Å². The van der Waals surface area contributed by atoms with Gasteiger partial charge in [0.1, 0.15) is 12.0 Å². The van der Waals surface area contributed by atoms with Crippen LogP contribution in [0.3, 0.4) is 0 Å². The molecule has 4 bridgehead atoms. The summed E-state index contributed by atoms with van der Waals surface area (Å²) >= 11 is 0. The largest absolute Gasteiger partial charge is 0.364 e. The molecule has 0 aliphatic heterocycles. The molecular weight excluding hydrogens is 278 g/mol. The molecule has 0 spiro atoms. The van der Waals surface area contributed by atoms with Crippen LogP contribution in [0.15, 0.2) is 18.3 Å². The van der Waals surface area contributed by atoms with Crippen LogP contribution in [0.1, 0.15) is 46.0 Å². The molecule has 4 aliphatic rings. The third-order valence-corrected chi connectivity index (χ3v) is 6.48. The average Bonchev–Trinajstić information content (AvgIpc) is 2.43. The van der Waals surface area contributed by atoms with E-state index in [4.69, 9.17) is 0 Å². The molecule has 1 aromatic rings. The summed E-state index contributed by atoms with van der Waals surface area (Å²) in [6.45, 7) is 4.82. The fourth-order valence-corrected chi connectivity index (χ4v) is 5.87. The van der Waals surface area contributed by atoms with Crippen molar-refractivity contribution < 1.29 is 4.92 Å². The maximum absolute atomic E-state index is 10.8. The summed E-state index contributed by atoms with van der Waals surface area (Å²) in [5.74, 6) is 3.08. The SMILES string of the molecule is C[C@H]1[C@H]2C[C@H]3C[C@@](C)(C2)C[C@@]1(Nc1ccc([N+](=O)[O-])cn1)C3. The van der Waals surface area contributed by atoms with Gasteiger partial charge in [0.25, 0.3) is 5.69 Å². The molecule has 0 radical (unpaired) electrons. The molecule has 0 amide bonds. The number of anilines is 1. The summed E-state index contributed by atoms with van der Waals surface area (Å²) in [5, 5.41) is 14.5. The van der Waals surface area contributed by atoms with Crippen LogP contribution in [-0.4, -0.2) is 15.4 Å². The van der Waals surface area contributed by atoms with Crippen molar-refractivity contribution in [2.75, 3.05) is 5.32 Å². The van der Waals surface area contributed by atoms with Crippen molar-refractivity contribution in [3.63, 3.8) is 0 Å². The van der Waals surface area contributed by atoms with E-state index in [2.05, 4.69) is 24.1 Å². The third kappa shape index (κ3) is 2.02. The number of hydrogen-bond donors (Lipinski definition) is 1. The van der Waals surface area contributed by atoms with Gasteiger partial charge in [-0.2, -0.15) is 0 Å². The Labute approximate surface area is 130 Å². The molecule has 1 aromatic heterocycles. The standard InChI is InChI=1S/C17H23N3O2/c1-11-13-5-12-6-16(2,8-13)10-17(11,7-12)19-15-4-3-14(9-18-15)20(21)22/h3-4,9,11-13H,5-8,10H2,1-2H3,(H,18,19)/t11-,12-,13-,16-,17-/m0/s1. The lowest BCUT2D eigenvalue weighted by Crippen LogP contribution is -2.63. The van der Waals surface area contributed by atoms with Gasteiger partial charge in [0.05, 0.1) is 4.92 Å². The molecule has 22 heavy (non-hydrogen) atoms. The van der Waals surface area contributed by atoms with E-state index < -0.39 is 4.92 Å². The van der Waals surface area contributed by atoms with Gasteiger partial charge < -0.3 is 5.32 Å². The minimum atomic E-state index is -0.398. The molecule has 5 atom stereocenters. The molecule has 4 fully saturated rings. The number of aromatic nitrogens is 1. The van der Waals surface area contributed by atoms with Crippen LogP contribution in [0.25, 0.3) is 0 Å². The Hall–Kier alpha value is -1.65. The first-order chi connectivity index (χ1) is 10.4. The molecule has 0 aromatic carbocycles. The lowest BCUT2D eigenvalue weighted by Gasteiger charge is -2.64. The molecule has 0 saturated heterocycles. The van der Waals surface area contributed by atoms with Crippen molar-refractivity contribution >= 4 is 11.5 Å². The highest BCUT2D eigenvalue weighted by atomic mass is 16.6. The minimum Gasteiger partial charge on any atom is -0.364 e. The second-order valence-corrected chi connectivity index (χ2v) is 8.19. The first-order valence-corrected chi connectivity index (χ1v) is 8.28. The molecule has 5 rings (SSSR count). The van der Waals surface area contributed by atoms with Gasteiger partial charge in [0.2, 0.25) is 0 Å². The highest BCUT2D eigenvalue weighted by Gasteiger charge is 2.59. The van der Waals surface area contributed by atoms with Gasteiger partial charge in [0.15, 0.2) is 0 Å². The number of rotatable bonds is 3. The highest BCUT2D eigenvalue weighted by Crippen LogP contribution is 2.64. The Morgan fingerprint density at radius 3 is 2.82 bits per heavy atom. The molecule has 1 heterocycles. The van der Waals surface area contributed by atoms with E-state index in [-0.39, 0.29) is 11.2 Å². The first-order valence-electron chi connectivity index (χ1n) is 8.28. The maximum atomic E-state index is 10.8. The Bertz CT molecular complexity index is 617. The maximum Gasteiger partial charge on any atom is 0.287 e. The van der Waals surface area contributed by atoms with Crippen LogP contribution in [-0.2, 0) is 0 Å². The molecule has 5 nitrogen and oxygen atoms in total. The second-order valence-electron chi connectivity index (χ2n) is 8.19. The average molecular weight is 301 g/mol. The van der Waals surface area contributed by atoms with E-state index in [0.29, 0.717) is 11.3 Å². The number of hydrogen-bond acceptors (Lipinski definition) is 4. The quantitative estimate of drug-likeness (QED) is 0.676. The molecule has 1 N–H and O–H groups in total. The van der Waals surface area contributed by atoms with Crippen LogP contribution in [0, 0.1) is 33.3 Å². The summed E-state index contributed by atoms with van der Waals surface area (Å²) in [4.78, 5) is 14.6. The van der Waals surface area contributed by atoms with E-state index in [0.717, 1.165) is 17.7 Å². The van der Waals surface area contributed by atoms with Crippen molar-refractivity contribution in [2.45, 2.75) is 51.5 Å². The highest BCUT2D eigenvalue weighted by molar-refractivity contribution is 5.43. The summed E-state index contributed by atoms with van der Waals surface area (Å²) in [7, 11) is 0. The zero-order valence-corrected chi connectivity index (χ0v) is 13.2. The third-order valence-electron chi connectivity index (χ3n) is 6.48. The normalized spacial score (nSPS) is 42.4. The van der Waals surface area contributed by atoms with Gasteiger partial charge in [-0.1, -0.05) is 13.8 Å². The molecule has 4 saturated carbocycles. The zero-order chi connectivity index (χ0) is 15.5. The van der Waals surface area contributed by atoms with E-state index in [9.17, 15) is 10.1 Å². The van der Waals surface area contributed by atoms with Crippen LogP contribution >= 0.6 is 0 Å². The predicted octanol–water partition coefficient (Wildman–Crippen LogP) is 4.01. The Morgan fingerprint density at radius 1 is 1.36 bits per heavy atom. The van der Waals surface area contributed by atoms with Crippen molar-refractivity contribution in [3.05, 3.63) is 28.4 Å². The summed E-state index contributed by atoms with van der Waals surface area (Å²) in [6.07, 6.45) is 7.89. The Morgan fingerprint density at radius 2 is 2.18 bits per heavy atom. The second kappa shape index (κ2) is 4.43. The van der Waals surface area contributed by atoms with Gasteiger partial charge in [-0.25, -0.2) is 4.98 Å². The molecule has 0 unspecified atom stereocenters. The number of nitrogens with zero attached hydrogens (tertiary/aromatic N) is 2. The van der Waals surface area contributed by atoms with Crippen molar-refractivity contribution in [1.82, 2.24) is 4.98 Å². The number of nitro groups is 1. The summed E-state index contributed by atoms with van der Waals surface area (Å²) in [5.41, 5.74) is 0.643. The first kappa shape index (κ1) is 14.0. The molecular formula is C17H23N3O2. The van der Waals surface area contributed by atoms with Gasteiger partial charge in [-0.3, -0.25) is 10.1 Å². The van der Waals surface area contributed by atoms with Crippen LogP contribution < -0.4 is 5.32 Å². The Balaban J connectivity index is 1.62. The van der Waals surface area contributed by atoms with Gasteiger partial charge in [-0.15, -0.1) is 0 Å². The summed E-state index contributed by atoms with van der Waals surface area (Å²) in [6, 6.07) is 3.30. The topological polar surface area (TPSA) is 68.1 Å². The predicted molar refractivity (Wildman–Crippen MR) is 84.6 cm³/mol. The van der Waals surface area contributed by atoms with Gasteiger partial charge in [-0.05, 0) is 61.3 Å². The fourth-order valence-electron chi connectivity index (χ4n) is 5.87. The fraction of sp³-hybridized carbons (Fsp3) is 0.706. The Kier molecular flexibility index (Phi) is 2.81. The minimum absolute atomic E-state index is 0.0519. The van der Waals surface area contributed by atoms with Crippen molar-refractivity contribution in [3.8, 4) is 0 Å². The smallest absolute Gasteiger partial charge is 0.287 e.